The predicted molar refractivity (Wildman–Crippen MR) is 73.2 cm³/mol. The minimum atomic E-state index is -0.178. The van der Waals surface area contributed by atoms with Crippen molar-refractivity contribution in [3.63, 3.8) is 0 Å². The number of nitrogens with zero attached hydrogens (tertiary/aromatic N) is 2. The third-order valence-corrected chi connectivity index (χ3v) is 3.61. The molecule has 18 heavy (non-hydrogen) atoms. The van der Waals surface area contributed by atoms with Gasteiger partial charge in [-0.05, 0) is 43.4 Å². The SMILES string of the molecule is CCn1c(=O)nc(NC)c2ccc(C3CC3)cc21. The lowest BCUT2D eigenvalue weighted by Gasteiger charge is -2.12. The van der Waals surface area contributed by atoms with Gasteiger partial charge in [0.1, 0.15) is 5.82 Å². The summed E-state index contributed by atoms with van der Waals surface area (Å²) in [5, 5.41) is 4.02. The third-order valence-electron chi connectivity index (χ3n) is 3.61. The summed E-state index contributed by atoms with van der Waals surface area (Å²) in [6.07, 6.45) is 2.54. The Bertz CT molecular complexity index is 656. The Morgan fingerprint density at radius 2 is 2.22 bits per heavy atom. The summed E-state index contributed by atoms with van der Waals surface area (Å²) < 4.78 is 1.74. The second-order valence-electron chi connectivity index (χ2n) is 4.79. The normalized spacial score (nSPS) is 15.0. The molecule has 0 unspecified atom stereocenters. The van der Waals surface area contributed by atoms with Crippen LogP contribution >= 0.6 is 0 Å². The van der Waals surface area contributed by atoms with Gasteiger partial charge in [-0.3, -0.25) is 4.57 Å². The number of nitrogens with one attached hydrogen (secondary N) is 1. The van der Waals surface area contributed by atoms with Gasteiger partial charge in [-0.1, -0.05) is 6.07 Å². The third kappa shape index (κ3) is 1.68. The van der Waals surface area contributed by atoms with E-state index in [1.54, 1.807) is 11.6 Å². The second-order valence-corrected chi connectivity index (χ2v) is 4.79. The largest absolute Gasteiger partial charge is 0.372 e. The molecule has 1 aromatic heterocycles. The molecule has 4 nitrogen and oxygen atoms in total. The molecule has 0 spiro atoms. The maximum Gasteiger partial charge on any atom is 0.349 e. The molecule has 1 fully saturated rings. The van der Waals surface area contributed by atoms with E-state index in [-0.39, 0.29) is 5.69 Å². The van der Waals surface area contributed by atoms with Crippen LogP contribution in [0.1, 0.15) is 31.2 Å². The van der Waals surface area contributed by atoms with Crippen molar-refractivity contribution in [2.75, 3.05) is 12.4 Å². The Morgan fingerprint density at radius 1 is 1.44 bits per heavy atom. The van der Waals surface area contributed by atoms with Crippen LogP contribution in [0.3, 0.4) is 0 Å². The zero-order valence-electron chi connectivity index (χ0n) is 10.7. The molecule has 0 amide bonds. The van der Waals surface area contributed by atoms with Gasteiger partial charge in [0.2, 0.25) is 0 Å². The van der Waals surface area contributed by atoms with E-state index in [1.807, 2.05) is 6.92 Å². The topological polar surface area (TPSA) is 46.9 Å². The minimum Gasteiger partial charge on any atom is -0.372 e. The zero-order chi connectivity index (χ0) is 12.7. The maximum absolute atomic E-state index is 12.0. The van der Waals surface area contributed by atoms with Gasteiger partial charge in [0, 0.05) is 19.0 Å². The smallest absolute Gasteiger partial charge is 0.349 e. The summed E-state index contributed by atoms with van der Waals surface area (Å²) in [4.78, 5) is 16.0. The average molecular weight is 243 g/mol. The van der Waals surface area contributed by atoms with Crippen molar-refractivity contribution < 1.29 is 0 Å². The van der Waals surface area contributed by atoms with Crippen molar-refractivity contribution in [3.05, 3.63) is 34.2 Å². The molecule has 0 radical (unpaired) electrons. The van der Waals surface area contributed by atoms with Gasteiger partial charge in [-0.25, -0.2) is 4.79 Å². The molecule has 1 saturated carbocycles. The Balaban J connectivity index is 2.33. The molecule has 94 valence electrons. The van der Waals surface area contributed by atoms with E-state index in [2.05, 4.69) is 28.5 Å². The van der Waals surface area contributed by atoms with Crippen LogP contribution < -0.4 is 11.0 Å². The molecule has 0 atom stereocenters. The quantitative estimate of drug-likeness (QED) is 0.900. The van der Waals surface area contributed by atoms with Crippen LogP contribution in [0.5, 0.6) is 0 Å². The van der Waals surface area contributed by atoms with Gasteiger partial charge in [-0.15, -0.1) is 0 Å². The monoisotopic (exact) mass is 243 g/mol. The summed E-state index contributed by atoms with van der Waals surface area (Å²) in [6, 6.07) is 6.39. The predicted octanol–water partition coefficient (Wildman–Crippen LogP) is 2.34. The number of aromatic nitrogens is 2. The van der Waals surface area contributed by atoms with Crippen molar-refractivity contribution >= 4 is 16.7 Å². The molecular formula is C14H17N3O. The van der Waals surface area contributed by atoms with Crippen molar-refractivity contribution in [2.24, 2.45) is 0 Å². The van der Waals surface area contributed by atoms with Gasteiger partial charge in [0.05, 0.1) is 5.52 Å². The highest BCUT2D eigenvalue weighted by Crippen LogP contribution is 2.41. The lowest BCUT2D eigenvalue weighted by atomic mass is 10.1. The Kier molecular flexibility index (Phi) is 2.58. The van der Waals surface area contributed by atoms with E-state index in [1.165, 1.54) is 18.4 Å². The van der Waals surface area contributed by atoms with Gasteiger partial charge in [0.15, 0.2) is 0 Å². The summed E-state index contributed by atoms with van der Waals surface area (Å²) in [5.41, 5.74) is 2.16. The highest BCUT2D eigenvalue weighted by Gasteiger charge is 2.24. The van der Waals surface area contributed by atoms with Crippen LogP contribution in [0.15, 0.2) is 23.0 Å². The Hall–Kier alpha value is -1.84. The summed E-state index contributed by atoms with van der Waals surface area (Å²) in [7, 11) is 1.80. The number of hydrogen-bond acceptors (Lipinski definition) is 3. The maximum atomic E-state index is 12.0. The molecule has 0 saturated heterocycles. The van der Waals surface area contributed by atoms with E-state index in [0.29, 0.717) is 18.3 Å². The molecule has 1 aromatic carbocycles. The van der Waals surface area contributed by atoms with E-state index >= 15 is 0 Å². The van der Waals surface area contributed by atoms with E-state index in [9.17, 15) is 4.79 Å². The fourth-order valence-electron chi connectivity index (χ4n) is 2.46. The Labute approximate surface area is 106 Å². The first-order valence-corrected chi connectivity index (χ1v) is 6.47. The first-order chi connectivity index (χ1) is 8.74. The minimum absolute atomic E-state index is 0.178. The van der Waals surface area contributed by atoms with Gasteiger partial charge >= 0.3 is 5.69 Å². The Morgan fingerprint density at radius 3 is 2.83 bits per heavy atom. The highest BCUT2D eigenvalue weighted by atomic mass is 16.1. The molecule has 1 heterocycles. The number of anilines is 1. The van der Waals surface area contributed by atoms with Crippen molar-refractivity contribution in [1.29, 1.82) is 0 Å². The zero-order valence-corrected chi connectivity index (χ0v) is 10.7. The molecule has 4 heteroatoms. The van der Waals surface area contributed by atoms with Crippen molar-refractivity contribution in [1.82, 2.24) is 9.55 Å². The standard InChI is InChI=1S/C14H17N3O/c1-3-17-12-8-10(9-4-5-9)6-7-11(12)13(15-2)16-14(17)18/h6-9H,3-5H2,1-2H3,(H,15,16,18). The van der Waals surface area contributed by atoms with Crippen LogP contribution in [0.25, 0.3) is 10.9 Å². The molecule has 1 N–H and O–H groups in total. The van der Waals surface area contributed by atoms with Gasteiger partial charge in [0.25, 0.3) is 0 Å². The average Bonchev–Trinajstić information content (AvgIpc) is 3.21. The van der Waals surface area contributed by atoms with Crippen LogP contribution in [0.2, 0.25) is 0 Å². The lowest BCUT2D eigenvalue weighted by molar-refractivity contribution is 0.732. The molecule has 2 aromatic rings. The highest BCUT2D eigenvalue weighted by molar-refractivity contribution is 5.89. The van der Waals surface area contributed by atoms with E-state index in [0.717, 1.165) is 10.9 Å². The number of hydrogen-bond donors (Lipinski definition) is 1. The summed E-state index contributed by atoms with van der Waals surface area (Å²) in [5.74, 6) is 1.36. The summed E-state index contributed by atoms with van der Waals surface area (Å²) in [6.45, 7) is 2.63. The molecule has 0 bridgehead atoms. The lowest BCUT2D eigenvalue weighted by Crippen LogP contribution is -2.23. The second kappa shape index (κ2) is 4.12. The molecule has 1 aliphatic carbocycles. The van der Waals surface area contributed by atoms with Gasteiger partial charge < -0.3 is 5.32 Å². The molecule has 3 rings (SSSR count). The van der Waals surface area contributed by atoms with Crippen molar-refractivity contribution in [2.45, 2.75) is 32.2 Å². The number of fused-ring (bicyclic) bond motifs is 1. The van der Waals surface area contributed by atoms with Crippen LogP contribution in [-0.2, 0) is 6.54 Å². The first kappa shape index (κ1) is 11.3. The fourth-order valence-corrected chi connectivity index (χ4v) is 2.46. The van der Waals surface area contributed by atoms with Gasteiger partial charge in [-0.2, -0.15) is 4.98 Å². The first-order valence-electron chi connectivity index (χ1n) is 6.47. The summed E-state index contributed by atoms with van der Waals surface area (Å²) >= 11 is 0. The number of aryl methyl sites for hydroxylation is 1. The number of benzene rings is 1. The van der Waals surface area contributed by atoms with E-state index in [4.69, 9.17) is 0 Å². The number of rotatable bonds is 3. The molecule has 1 aliphatic rings. The van der Waals surface area contributed by atoms with E-state index < -0.39 is 0 Å². The molecule has 0 aliphatic heterocycles. The molecular weight excluding hydrogens is 226 g/mol. The van der Waals surface area contributed by atoms with Crippen LogP contribution in [0.4, 0.5) is 5.82 Å². The fraction of sp³-hybridized carbons (Fsp3) is 0.429. The van der Waals surface area contributed by atoms with Crippen LogP contribution in [0, 0.1) is 0 Å². The van der Waals surface area contributed by atoms with Crippen LogP contribution in [-0.4, -0.2) is 16.6 Å². The van der Waals surface area contributed by atoms with Crippen molar-refractivity contribution in [3.8, 4) is 0 Å².